The van der Waals surface area contributed by atoms with Crippen LogP contribution in [-0.2, 0) is 6.61 Å². The Morgan fingerprint density at radius 2 is 1.65 bits per heavy atom. The number of halogens is 2. The van der Waals surface area contributed by atoms with Gasteiger partial charge in [-0.25, -0.2) is 14.4 Å². The maximum Gasteiger partial charge on any atom is 0.261 e. The molecule has 2 amide bonds. The van der Waals surface area contributed by atoms with E-state index in [1.807, 2.05) is 0 Å². The van der Waals surface area contributed by atoms with Crippen molar-refractivity contribution in [3.63, 3.8) is 0 Å². The zero-order valence-electron chi connectivity index (χ0n) is 22.8. The molecule has 0 fully saturated rings. The molecule has 0 atom stereocenters. The van der Waals surface area contributed by atoms with Crippen LogP contribution in [0.3, 0.4) is 0 Å². The molecule has 6 rings (SSSR count). The number of carbonyl (C=O) groups is 2. The summed E-state index contributed by atoms with van der Waals surface area (Å²) in [6.07, 6.45) is 1.42. The highest BCUT2D eigenvalue weighted by Crippen LogP contribution is 2.36. The summed E-state index contributed by atoms with van der Waals surface area (Å²) in [6.45, 7) is 0.283. The largest absolute Gasteiger partial charge is 0.493 e. The van der Waals surface area contributed by atoms with Gasteiger partial charge in [0.25, 0.3) is 11.8 Å². The van der Waals surface area contributed by atoms with E-state index in [1.165, 1.54) is 30.5 Å². The topological polar surface area (TPSA) is 103 Å². The molecule has 0 saturated heterocycles. The number of carbonyl (C=O) groups excluding carboxylic acids is 2. The lowest BCUT2D eigenvalue weighted by Crippen LogP contribution is -2.33. The minimum atomic E-state index is -0.349. The SMILES string of the molecule is COc1cc2ncnc(Nc3ccc(OCc4cccc(F)c4)c(Cl)c3)c2cc1OCCN1C(=O)c2ccccc2C1=O. The molecule has 0 aliphatic carbocycles. The van der Waals surface area contributed by atoms with Gasteiger partial charge in [0.2, 0.25) is 0 Å². The molecule has 0 radical (unpaired) electrons. The van der Waals surface area contributed by atoms with Crippen molar-refractivity contribution in [3.8, 4) is 17.2 Å². The van der Waals surface area contributed by atoms with Gasteiger partial charge in [0, 0.05) is 17.1 Å². The van der Waals surface area contributed by atoms with Gasteiger partial charge in [0.05, 0.1) is 35.3 Å². The number of nitrogens with zero attached hydrogens (tertiary/aromatic N) is 3. The predicted octanol–water partition coefficient (Wildman–Crippen LogP) is 6.43. The van der Waals surface area contributed by atoms with Gasteiger partial charge in [-0.05, 0) is 54.1 Å². The fourth-order valence-electron chi connectivity index (χ4n) is 4.75. The van der Waals surface area contributed by atoms with Crippen LogP contribution in [0.2, 0.25) is 5.02 Å². The standard InChI is InChI=1S/C32H24ClFN4O5/c1-41-28-16-26-24(15-29(28)42-12-11-38-31(39)22-7-2-3-8-23(22)32(38)40)30(36-18-35-26)37-21-9-10-27(25(33)14-21)43-17-19-5-4-6-20(34)13-19/h2-10,13-16,18H,11-12,17H2,1H3,(H,35,36,37). The molecule has 4 aromatic carbocycles. The van der Waals surface area contributed by atoms with E-state index < -0.39 is 0 Å². The lowest BCUT2D eigenvalue weighted by molar-refractivity contribution is 0.0631. The fraction of sp³-hybridized carbons (Fsp3) is 0.125. The summed E-state index contributed by atoms with van der Waals surface area (Å²) < 4.78 is 30.7. The Bertz CT molecular complexity index is 1830. The van der Waals surface area contributed by atoms with Crippen LogP contribution in [-0.4, -0.2) is 46.9 Å². The number of rotatable bonds is 10. The van der Waals surface area contributed by atoms with Crippen molar-refractivity contribution in [2.75, 3.05) is 25.6 Å². The first-order chi connectivity index (χ1) is 20.9. The molecule has 9 nitrogen and oxygen atoms in total. The smallest absolute Gasteiger partial charge is 0.261 e. The minimum Gasteiger partial charge on any atom is -0.493 e. The Morgan fingerprint density at radius 1 is 0.860 bits per heavy atom. The molecule has 1 aliphatic rings. The Kier molecular flexibility index (Phi) is 7.76. The number of fused-ring (bicyclic) bond motifs is 2. The van der Waals surface area contributed by atoms with Crippen molar-refractivity contribution in [1.29, 1.82) is 0 Å². The lowest BCUT2D eigenvalue weighted by Gasteiger charge is -2.17. The monoisotopic (exact) mass is 598 g/mol. The molecule has 0 unspecified atom stereocenters. The second-order valence-electron chi connectivity index (χ2n) is 9.59. The number of amides is 2. The van der Waals surface area contributed by atoms with Crippen LogP contribution in [0.5, 0.6) is 17.2 Å². The molecule has 11 heteroatoms. The summed E-state index contributed by atoms with van der Waals surface area (Å²) in [4.78, 5) is 35.3. The van der Waals surface area contributed by atoms with E-state index in [-0.39, 0.29) is 37.4 Å². The van der Waals surface area contributed by atoms with Gasteiger partial charge < -0.3 is 19.5 Å². The molecule has 0 bridgehead atoms. The number of anilines is 2. The van der Waals surface area contributed by atoms with Gasteiger partial charge in [-0.2, -0.15) is 0 Å². The molecular formula is C32H24ClFN4O5. The van der Waals surface area contributed by atoms with Gasteiger partial charge in [-0.3, -0.25) is 14.5 Å². The molecule has 1 aromatic heterocycles. The second-order valence-corrected chi connectivity index (χ2v) is 9.99. The average Bonchev–Trinajstić information content (AvgIpc) is 3.25. The Morgan fingerprint density at radius 3 is 2.37 bits per heavy atom. The summed E-state index contributed by atoms with van der Waals surface area (Å²) in [5.74, 6) is 0.728. The van der Waals surface area contributed by atoms with Gasteiger partial charge in [0.15, 0.2) is 11.5 Å². The quantitative estimate of drug-likeness (QED) is 0.184. The van der Waals surface area contributed by atoms with Crippen molar-refractivity contribution in [3.05, 3.63) is 113 Å². The van der Waals surface area contributed by atoms with Crippen molar-refractivity contribution in [1.82, 2.24) is 14.9 Å². The number of ether oxygens (including phenoxy) is 3. The molecule has 5 aromatic rings. The number of nitrogens with one attached hydrogen (secondary N) is 1. The third-order valence-electron chi connectivity index (χ3n) is 6.85. The molecule has 0 spiro atoms. The van der Waals surface area contributed by atoms with Crippen LogP contribution < -0.4 is 19.5 Å². The number of hydrogen-bond acceptors (Lipinski definition) is 8. The van der Waals surface area contributed by atoms with E-state index in [9.17, 15) is 14.0 Å². The number of hydrogen-bond donors (Lipinski definition) is 1. The summed E-state index contributed by atoms with van der Waals surface area (Å²) >= 11 is 6.48. The Hall–Kier alpha value is -5.22. The maximum absolute atomic E-state index is 13.5. The van der Waals surface area contributed by atoms with E-state index in [0.29, 0.717) is 61.4 Å². The number of benzene rings is 4. The number of methoxy groups -OCH3 is 1. The molecule has 0 saturated carbocycles. The number of aromatic nitrogens is 2. The molecular weight excluding hydrogens is 575 g/mol. The van der Waals surface area contributed by atoms with E-state index in [4.69, 9.17) is 25.8 Å². The Balaban J connectivity index is 1.17. The predicted molar refractivity (Wildman–Crippen MR) is 159 cm³/mol. The number of imide groups is 1. The third kappa shape index (κ3) is 5.77. The van der Waals surface area contributed by atoms with Crippen LogP contribution in [0, 0.1) is 5.82 Å². The maximum atomic E-state index is 13.5. The van der Waals surface area contributed by atoms with Crippen LogP contribution in [0.25, 0.3) is 10.9 Å². The normalized spacial score (nSPS) is 12.4. The van der Waals surface area contributed by atoms with E-state index >= 15 is 0 Å². The molecule has 216 valence electrons. The van der Waals surface area contributed by atoms with E-state index in [0.717, 1.165) is 0 Å². The van der Waals surface area contributed by atoms with E-state index in [2.05, 4.69) is 15.3 Å². The first-order valence-electron chi connectivity index (χ1n) is 13.3. The molecule has 43 heavy (non-hydrogen) atoms. The summed E-state index contributed by atoms with van der Waals surface area (Å²) in [6, 6.07) is 21.5. The summed E-state index contributed by atoms with van der Waals surface area (Å²) in [5, 5.41) is 4.25. The zero-order chi connectivity index (χ0) is 29.9. The van der Waals surface area contributed by atoms with Crippen molar-refractivity contribution in [2.45, 2.75) is 6.61 Å². The van der Waals surface area contributed by atoms with Crippen molar-refractivity contribution >= 4 is 45.8 Å². The van der Waals surface area contributed by atoms with Crippen molar-refractivity contribution in [2.24, 2.45) is 0 Å². The van der Waals surface area contributed by atoms with Crippen LogP contribution >= 0.6 is 11.6 Å². The highest BCUT2D eigenvalue weighted by molar-refractivity contribution is 6.32. The second kappa shape index (κ2) is 11.9. The lowest BCUT2D eigenvalue weighted by atomic mass is 10.1. The average molecular weight is 599 g/mol. The Labute approximate surface area is 250 Å². The van der Waals surface area contributed by atoms with Crippen molar-refractivity contribution < 1.29 is 28.2 Å². The van der Waals surface area contributed by atoms with Crippen LogP contribution in [0.15, 0.2) is 85.2 Å². The highest BCUT2D eigenvalue weighted by Gasteiger charge is 2.34. The van der Waals surface area contributed by atoms with Gasteiger partial charge in [0.1, 0.15) is 36.9 Å². The summed E-state index contributed by atoms with van der Waals surface area (Å²) in [7, 11) is 1.51. The summed E-state index contributed by atoms with van der Waals surface area (Å²) in [5.41, 5.74) is 2.70. The first kappa shape index (κ1) is 27.9. The third-order valence-corrected chi connectivity index (χ3v) is 7.14. The fourth-order valence-corrected chi connectivity index (χ4v) is 4.98. The van der Waals surface area contributed by atoms with Crippen LogP contribution in [0.1, 0.15) is 26.3 Å². The first-order valence-corrected chi connectivity index (χ1v) is 13.6. The zero-order valence-corrected chi connectivity index (χ0v) is 23.6. The molecule has 1 aliphatic heterocycles. The molecule has 1 N–H and O–H groups in total. The van der Waals surface area contributed by atoms with Gasteiger partial charge in [-0.15, -0.1) is 0 Å². The van der Waals surface area contributed by atoms with Crippen LogP contribution in [0.4, 0.5) is 15.9 Å². The van der Waals surface area contributed by atoms with Gasteiger partial charge >= 0.3 is 0 Å². The minimum absolute atomic E-state index is 0.0521. The van der Waals surface area contributed by atoms with E-state index in [1.54, 1.807) is 66.7 Å². The highest BCUT2D eigenvalue weighted by atomic mass is 35.5. The van der Waals surface area contributed by atoms with Gasteiger partial charge in [-0.1, -0.05) is 35.9 Å². The molecule has 2 heterocycles.